The van der Waals surface area contributed by atoms with Crippen LogP contribution in [0.2, 0.25) is 0 Å². The minimum atomic E-state index is -3.55. The van der Waals surface area contributed by atoms with Gasteiger partial charge in [-0.3, -0.25) is 0 Å². The number of likely N-dealkylation sites (N-methyl/N-ethyl adjacent to an activating group) is 1. The van der Waals surface area contributed by atoms with Crippen molar-refractivity contribution in [3.63, 3.8) is 0 Å². The van der Waals surface area contributed by atoms with Crippen LogP contribution in [0.1, 0.15) is 0 Å². The van der Waals surface area contributed by atoms with Gasteiger partial charge in [-0.05, 0) is 26.2 Å². The summed E-state index contributed by atoms with van der Waals surface area (Å²) in [6.45, 7) is 1.17. The molecule has 0 radical (unpaired) electrons. The summed E-state index contributed by atoms with van der Waals surface area (Å²) in [7, 11) is 3.24. The van der Waals surface area contributed by atoms with E-state index in [9.17, 15) is 8.42 Å². The first kappa shape index (κ1) is 15.7. The van der Waals surface area contributed by atoms with Crippen molar-refractivity contribution in [2.24, 2.45) is 0 Å². The lowest BCUT2D eigenvalue weighted by Gasteiger charge is -2.16. The normalized spacial score (nSPS) is 12.1. The zero-order valence-electron chi connectivity index (χ0n) is 11.8. The van der Waals surface area contributed by atoms with Gasteiger partial charge in [0.2, 0.25) is 10.0 Å². The maximum Gasteiger partial charge on any atom is 0.244 e. The second-order valence-corrected chi connectivity index (χ2v) is 6.73. The average molecular weight is 287 g/mol. The second-order valence-electron chi connectivity index (χ2n) is 4.61. The number of nitrogens with two attached hydrogens (primary N) is 1. The van der Waals surface area contributed by atoms with Crippen molar-refractivity contribution in [1.29, 1.82) is 0 Å². The van der Waals surface area contributed by atoms with Crippen molar-refractivity contribution in [2.45, 2.75) is 4.90 Å². The van der Waals surface area contributed by atoms with Crippen molar-refractivity contribution in [1.82, 2.24) is 9.21 Å². The number of nitrogens with zero attached hydrogens (tertiary/aromatic N) is 2. The third-order valence-electron chi connectivity index (χ3n) is 2.58. The van der Waals surface area contributed by atoms with E-state index < -0.39 is 10.0 Å². The predicted molar refractivity (Wildman–Crippen MR) is 75.8 cm³/mol. The third kappa shape index (κ3) is 3.82. The molecule has 0 amide bonds. The van der Waals surface area contributed by atoms with E-state index in [4.69, 9.17) is 10.5 Å². The number of nitrogen functional groups attached to an aromatic ring is 1. The predicted octanol–water partition coefficient (Wildman–Crippen LogP) is 0.460. The molecule has 2 N–H and O–H groups in total. The fourth-order valence-electron chi connectivity index (χ4n) is 1.41. The van der Waals surface area contributed by atoms with Gasteiger partial charge in [0.15, 0.2) is 0 Å². The number of para-hydroxylation sites is 1. The maximum absolute atomic E-state index is 12.1. The van der Waals surface area contributed by atoms with Crippen LogP contribution in [0.25, 0.3) is 0 Å². The second kappa shape index (κ2) is 6.23. The van der Waals surface area contributed by atoms with E-state index in [0.717, 1.165) is 10.8 Å². The lowest BCUT2D eigenvalue weighted by atomic mass is 10.3. The SMILES string of the molecule is CN(C)CCOc1cccc(S(=O)(=O)N(C)C)c1N. The van der Waals surface area contributed by atoms with Crippen molar-refractivity contribution in [3.8, 4) is 5.75 Å². The molecular formula is C12H21N3O3S. The number of ether oxygens (including phenoxy) is 1. The van der Waals surface area contributed by atoms with E-state index in [1.54, 1.807) is 12.1 Å². The van der Waals surface area contributed by atoms with Gasteiger partial charge in [0.1, 0.15) is 17.3 Å². The molecule has 1 aromatic rings. The highest BCUT2D eigenvalue weighted by molar-refractivity contribution is 7.89. The smallest absolute Gasteiger partial charge is 0.244 e. The van der Waals surface area contributed by atoms with Gasteiger partial charge in [-0.1, -0.05) is 6.07 Å². The van der Waals surface area contributed by atoms with Crippen LogP contribution < -0.4 is 10.5 Å². The minimum Gasteiger partial charge on any atom is -0.490 e. The Kier molecular flexibility index (Phi) is 5.16. The molecule has 108 valence electrons. The summed E-state index contributed by atoms with van der Waals surface area (Å²) in [4.78, 5) is 2.04. The summed E-state index contributed by atoms with van der Waals surface area (Å²) in [6.07, 6.45) is 0. The summed E-state index contributed by atoms with van der Waals surface area (Å²) in [5.74, 6) is 0.393. The molecule has 1 aromatic carbocycles. The zero-order chi connectivity index (χ0) is 14.6. The van der Waals surface area contributed by atoms with Crippen LogP contribution >= 0.6 is 0 Å². The third-order valence-corrected chi connectivity index (χ3v) is 4.45. The van der Waals surface area contributed by atoms with Gasteiger partial charge in [-0.15, -0.1) is 0 Å². The molecule has 0 saturated heterocycles. The molecule has 0 aliphatic heterocycles. The molecule has 7 heteroatoms. The molecule has 1 rings (SSSR count). The van der Waals surface area contributed by atoms with Crippen molar-refractivity contribution < 1.29 is 13.2 Å². The Hall–Kier alpha value is -1.31. The number of rotatable bonds is 6. The largest absolute Gasteiger partial charge is 0.490 e. The van der Waals surface area contributed by atoms with Crippen LogP contribution in [-0.4, -0.2) is 59.0 Å². The first-order chi connectivity index (χ1) is 8.76. The van der Waals surface area contributed by atoms with Gasteiger partial charge in [0, 0.05) is 20.6 Å². The molecular weight excluding hydrogens is 266 g/mol. The van der Waals surface area contributed by atoms with E-state index in [2.05, 4.69) is 0 Å². The van der Waals surface area contributed by atoms with Gasteiger partial charge < -0.3 is 15.4 Å². The van der Waals surface area contributed by atoms with Gasteiger partial charge in [0.05, 0.1) is 5.69 Å². The van der Waals surface area contributed by atoms with E-state index in [-0.39, 0.29) is 10.6 Å². The zero-order valence-corrected chi connectivity index (χ0v) is 12.6. The van der Waals surface area contributed by atoms with Gasteiger partial charge in [-0.25, -0.2) is 12.7 Å². The summed E-state index contributed by atoms with van der Waals surface area (Å²) in [6, 6.07) is 4.76. The van der Waals surface area contributed by atoms with Crippen LogP contribution in [0.15, 0.2) is 23.1 Å². The molecule has 0 bridgehead atoms. The first-order valence-electron chi connectivity index (χ1n) is 5.85. The lowest BCUT2D eigenvalue weighted by molar-refractivity contribution is 0.262. The van der Waals surface area contributed by atoms with Gasteiger partial charge in [0.25, 0.3) is 0 Å². The number of anilines is 1. The highest BCUT2D eigenvalue weighted by Gasteiger charge is 2.22. The summed E-state index contributed by atoms with van der Waals surface area (Å²) < 4.78 is 30.8. The Bertz CT molecular complexity index is 527. The van der Waals surface area contributed by atoms with E-state index >= 15 is 0 Å². The Balaban J connectivity index is 2.99. The fourth-order valence-corrected chi connectivity index (χ4v) is 2.43. The Morgan fingerprint density at radius 3 is 2.37 bits per heavy atom. The highest BCUT2D eigenvalue weighted by Crippen LogP contribution is 2.29. The first-order valence-corrected chi connectivity index (χ1v) is 7.29. The molecule has 0 spiro atoms. The quantitative estimate of drug-likeness (QED) is 0.769. The molecule has 19 heavy (non-hydrogen) atoms. The molecule has 0 aliphatic rings. The number of benzene rings is 1. The van der Waals surface area contributed by atoms with Gasteiger partial charge in [-0.2, -0.15) is 0 Å². The Morgan fingerprint density at radius 2 is 1.84 bits per heavy atom. The monoisotopic (exact) mass is 287 g/mol. The van der Waals surface area contributed by atoms with Crippen LogP contribution in [-0.2, 0) is 10.0 Å². The number of hydrogen-bond acceptors (Lipinski definition) is 5. The highest BCUT2D eigenvalue weighted by atomic mass is 32.2. The molecule has 0 saturated carbocycles. The standard InChI is InChI=1S/C12H21N3O3S/c1-14(2)8-9-18-10-6-5-7-11(12(10)13)19(16,17)15(3)4/h5-7H,8-9,13H2,1-4H3. The fraction of sp³-hybridized carbons (Fsp3) is 0.500. The summed E-state index contributed by atoms with van der Waals surface area (Å²) in [5.41, 5.74) is 6.03. The Labute approximate surface area is 114 Å². The van der Waals surface area contributed by atoms with Crippen molar-refractivity contribution >= 4 is 15.7 Å². The van der Waals surface area contributed by atoms with E-state index in [1.165, 1.54) is 20.2 Å². The van der Waals surface area contributed by atoms with Crippen molar-refractivity contribution in [3.05, 3.63) is 18.2 Å². The Morgan fingerprint density at radius 1 is 1.21 bits per heavy atom. The summed E-state index contributed by atoms with van der Waals surface area (Å²) >= 11 is 0. The molecule has 0 aliphatic carbocycles. The molecule has 6 nitrogen and oxygen atoms in total. The molecule has 0 atom stereocenters. The van der Waals surface area contributed by atoms with E-state index in [0.29, 0.717) is 12.4 Å². The lowest BCUT2D eigenvalue weighted by Crippen LogP contribution is -2.24. The number of hydrogen-bond donors (Lipinski definition) is 1. The van der Waals surface area contributed by atoms with Crippen LogP contribution in [0.4, 0.5) is 5.69 Å². The van der Waals surface area contributed by atoms with Crippen LogP contribution in [0.3, 0.4) is 0 Å². The van der Waals surface area contributed by atoms with E-state index in [1.807, 2.05) is 19.0 Å². The van der Waals surface area contributed by atoms with Gasteiger partial charge >= 0.3 is 0 Å². The molecule has 0 fully saturated rings. The maximum atomic E-state index is 12.1. The van der Waals surface area contributed by atoms with Crippen LogP contribution in [0.5, 0.6) is 5.75 Å². The molecule has 0 heterocycles. The topological polar surface area (TPSA) is 75.9 Å². The molecule has 0 aromatic heterocycles. The number of sulfonamides is 1. The minimum absolute atomic E-state index is 0.0693. The summed E-state index contributed by atoms with van der Waals surface area (Å²) in [5, 5.41) is 0. The van der Waals surface area contributed by atoms with Crippen molar-refractivity contribution in [2.75, 3.05) is 47.1 Å². The van der Waals surface area contributed by atoms with Crippen LogP contribution in [0, 0.1) is 0 Å². The average Bonchev–Trinajstić information content (AvgIpc) is 2.30. The molecule has 0 unspecified atom stereocenters.